The van der Waals surface area contributed by atoms with E-state index in [0.717, 1.165) is 0 Å². The lowest BCUT2D eigenvalue weighted by Gasteiger charge is -2.15. The Morgan fingerprint density at radius 1 is 0.968 bits per heavy atom. The molecular formula is C24H24O7. The van der Waals surface area contributed by atoms with Crippen LogP contribution in [-0.4, -0.2) is 44.6 Å². The van der Waals surface area contributed by atoms with Crippen molar-refractivity contribution in [3.8, 4) is 28.6 Å². The van der Waals surface area contributed by atoms with Crippen molar-refractivity contribution in [3.63, 3.8) is 0 Å². The Labute approximate surface area is 180 Å². The summed E-state index contributed by atoms with van der Waals surface area (Å²) in [5.74, 6) is 1.22. The van der Waals surface area contributed by atoms with Gasteiger partial charge < -0.3 is 23.7 Å². The maximum atomic E-state index is 13.5. The van der Waals surface area contributed by atoms with Crippen LogP contribution in [0.2, 0.25) is 0 Å². The molecule has 1 N–H and O–H groups in total. The smallest absolute Gasteiger partial charge is 0.203 e. The predicted molar refractivity (Wildman–Crippen MR) is 114 cm³/mol. The number of carbonyl (C=O) groups excluding carboxylic acids is 2. The normalized spacial score (nSPS) is 10.6. The molecular weight excluding hydrogens is 400 g/mol. The molecule has 1 aromatic heterocycles. The van der Waals surface area contributed by atoms with E-state index in [9.17, 15) is 9.59 Å². The fraction of sp³-hybridized carbons (Fsp3) is 0.250. The monoisotopic (exact) mass is 424 g/mol. The number of hydrogen-bond donors (Lipinski definition) is 1. The molecule has 0 amide bonds. The number of aliphatic hydroxyl groups is 1. The molecule has 7 nitrogen and oxygen atoms in total. The van der Waals surface area contributed by atoms with E-state index in [1.807, 2.05) is 0 Å². The number of rotatable bonds is 10. The molecule has 0 unspecified atom stereocenters. The Morgan fingerprint density at radius 2 is 1.68 bits per heavy atom. The first-order chi connectivity index (χ1) is 15.0. The molecule has 0 saturated heterocycles. The first kappa shape index (κ1) is 22.1. The molecule has 0 bridgehead atoms. The highest BCUT2D eigenvalue weighted by Crippen LogP contribution is 2.39. The van der Waals surface area contributed by atoms with Gasteiger partial charge in [-0.1, -0.05) is 12.1 Å². The standard InChI is InChI=1S/C24H24O7/c1-28-21-13-17(14-22(29-2)24(21)30-3)23(27)19-12-16(20-5-4-10-31-20)7-6-15(19)11-18(26)8-9-25/h4-7,10,12-14,25H,8-9,11H2,1-3H3. The van der Waals surface area contributed by atoms with Gasteiger partial charge in [-0.15, -0.1) is 0 Å². The molecule has 3 rings (SSSR count). The minimum absolute atomic E-state index is 0.0255. The third-order valence-corrected chi connectivity index (χ3v) is 4.87. The minimum Gasteiger partial charge on any atom is -0.493 e. The van der Waals surface area contributed by atoms with Crippen LogP contribution in [0.1, 0.15) is 27.9 Å². The Morgan fingerprint density at radius 3 is 2.23 bits per heavy atom. The highest BCUT2D eigenvalue weighted by Gasteiger charge is 2.21. The summed E-state index contributed by atoms with van der Waals surface area (Å²) < 4.78 is 21.5. The van der Waals surface area contributed by atoms with E-state index in [1.54, 1.807) is 48.7 Å². The van der Waals surface area contributed by atoms with Crippen molar-refractivity contribution in [2.75, 3.05) is 27.9 Å². The predicted octanol–water partition coefficient (Wildman–Crippen LogP) is 3.70. The van der Waals surface area contributed by atoms with Gasteiger partial charge in [0.25, 0.3) is 0 Å². The largest absolute Gasteiger partial charge is 0.493 e. The number of furan rings is 1. The molecule has 0 fully saturated rings. The van der Waals surface area contributed by atoms with Gasteiger partial charge in [-0.2, -0.15) is 0 Å². The molecule has 0 radical (unpaired) electrons. The zero-order valence-corrected chi connectivity index (χ0v) is 17.6. The van der Waals surface area contributed by atoms with Gasteiger partial charge in [0, 0.05) is 36.1 Å². The Bertz CT molecular complexity index is 1040. The summed E-state index contributed by atoms with van der Waals surface area (Å²) in [6.07, 6.45) is 1.61. The fourth-order valence-corrected chi connectivity index (χ4v) is 3.33. The van der Waals surface area contributed by atoms with E-state index in [0.29, 0.717) is 45.3 Å². The van der Waals surface area contributed by atoms with Crippen LogP contribution in [0.15, 0.2) is 53.1 Å². The second-order valence-electron chi connectivity index (χ2n) is 6.78. The van der Waals surface area contributed by atoms with Crippen LogP contribution in [0.3, 0.4) is 0 Å². The van der Waals surface area contributed by atoms with Gasteiger partial charge in [0.15, 0.2) is 17.3 Å². The van der Waals surface area contributed by atoms with Crippen molar-refractivity contribution < 1.29 is 33.3 Å². The van der Waals surface area contributed by atoms with Gasteiger partial charge in [-0.25, -0.2) is 0 Å². The lowest BCUT2D eigenvalue weighted by Crippen LogP contribution is -2.12. The number of ether oxygens (including phenoxy) is 3. The van der Waals surface area contributed by atoms with Crippen molar-refractivity contribution in [2.45, 2.75) is 12.8 Å². The average Bonchev–Trinajstić information content (AvgIpc) is 3.33. The van der Waals surface area contributed by atoms with Crippen LogP contribution in [0.5, 0.6) is 17.2 Å². The number of benzene rings is 2. The van der Waals surface area contributed by atoms with E-state index in [-0.39, 0.29) is 31.0 Å². The van der Waals surface area contributed by atoms with Crippen LogP contribution in [0.25, 0.3) is 11.3 Å². The third-order valence-electron chi connectivity index (χ3n) is 4.87. The van der Waals surface area contributed by atoms with Crippen LogP contribution in [0, 0.1) is 0 Å². The van der Waals surface area contributed by atoms with Crippen LogP contribution < -0.4 is 14.2 Å². The van der Waals surface area contributed by atoms with Crippen molar-refractivity contribution in [3.05, 3.63) is 65.4 Å². The summed E-state index contributed by atoms with van der Waals surface area (Å²) >= 11 is 0. The molecule has 0 atom stereocenters. The van der Waals surface area contributed by atoms with Crippen LogP contribution >= 0.6 is 0 Å². The Kier molecular flexibility index (Phi) is 7.10. The van der Waals surface area contributed by atoms with Crippen molar-refractivity contribution in [2.24, 2.45) is 0 Å². The molecule has 2 aromatic carbocycles. The number of carbonyl (C=O) groups is 2. The summed E-state index contributed by atoms with van der Waals surface area (Å²) in [4.78, 5) is 25.7. The zero-order chi connectivity index (χ0) is 22.4. The first-order valence-corrected chi connectivity index (χ1v) is 9.66. The molecule has 0 spiro atoms. The lowest BCUT2D eigenvalue weighted by atomic mass is 9.92. The highest BCUT2D eigenvalue weighted by molar-refractivity contribution is 6.11. The third kappa shape index (κ3) is 4.78. The lowest BCUT2D eigenvalue weighted by molar-refractivity contribution is -0.119. The topological polar surface area (TPSA) is 95.2 Å². The van der Waals surface area contributed by atoms with Crippen LogP contribution in [0.4, 0.5) is 0 Å². The molecule has 0 aliphatic rings. The molecule has 31 heavy (non-hydrogen) atoms. The van der Waals surface area contributed by atoms with Crippen molar-refractivity contribution in [1.82, 2.24) is 0 Å². The van der Waals surface area contributed by atoms with Crippen molar-refractivity contribution in [1.29, 1.82) is 0 Å². The molecule has 0 aliphatic heterocycles. The number of methoxy groups -OCH3 is 3. The summed E-state index contributed by atoms with van der Waals surface area (Å²) in [5.41, 5.74) is 1.95. The molecule has 0 saturated carbocycles. The average molecular weight is 424 g/mol. The SMILES string of the molecule is COc1cc(C(=O)c2cc(-c3ccco3)ccc2CC(=O)CCO)cc(OC)c1OC. The molecule has 0 aliphatic carbocycles. The van der Waals surface area contributed by atoms with Gasteiger partial charge in [-0.05, 0) is 35.9 Å². The summed E-state index contributed by atoms with van der Waals surface area (Å²) in [7, 11) is 4.43. The van der Waals surface area contributed by atoms with Gasteiger partial charge in [0.1, 0.15) is 11.5 Å². The van der Waals surface area contributed by atoms with E-state index < -0.39 is 0 Å². The molecule has 162 valence electrons. The maximum absolute atomic E-state index is 13.5. The maximum Gasteiger partial charge on any atom is 0.203 e. The van der Waals surface area contributed by atoms with E-state index in [1.165, 1.54) is 21.3 Å². The first-order valence-electron chi connectivity index (χ1n) is 9.66. The van der Waals surface area contributed by atoms with Crippen molar-refractivity contribution >= 4 is 11.6 Å². The van der Waals surface area contributed by atoms with Gasteiger partial charge in [0.2, 0.25) is 5.75 Å². The number of aliphatic hydroxyl groups excluding tert-OH is 1. The zero-order valence-electron chi connectivity index (χ0n) is 17.6. The van der Waals surface area contributed by atoms with E-state index >= 15 is 0 Å². The van der Waals surface area contributed by atoms with E-state index in [2.05, 4.69) is 0 Å². The quantitative estimate of drug-likeness (QED) is 0.496. The molecule has 3 aromatic rings. The fourth-order valence-electron chi connectivity index (χ4n) is 3.33. The summed E-state index contributed by atoms with van der Waals surface area (Å²) in [6.45, 7) is -0.237. The summed E-state index contributed by atoms with van der Waals surface area (Å²) in [6, 6.07) is 11.9. The van der Waals surface area contributed by atoms with Gasteiger partial charge in [0.05, 0.1) is 27.6 Å². The highest BCUT2D eigenvalue weighted by atomic mass is 16.5. The number of Topliss-reactive ketones (excluding diaryl/α,β-unsaturated/α-hetero) is 1. The number of hydrogen-bond acceptors (Lipinski definition) is 7. The number of ketones is 2. The summed E-state index contributed by atoms with van der Waals surface area (Å²) in [5, 5.41) is 9.07. The Hall–Kier alpha value is -3.58. The van der Waals surface area contributed by atoms with Gasteiger partial charge >= 0.3 is 0 Å². The molecule has 7 heteroatoms. The van der Waals surface area contributed by atoms with Gasteiger partial charge in [-0.3, -0.25) is 9.59 Å². The molecule has 1 heterocycles. The Balaban J connectivity index is 2.11. The minimum atomic E-state index is -0.306. The van der Waals surface area contributed by atoms with E-state index in [4.69, 9.17) is 23.7 Å². The van der Waals surface area contributed by atoms with Crippen LogP contribution in [-0.2, 0) is 11.2 Å². The second-order valence-corrected chi connectivity index (χ2v) is 6.78. The second kappa shape index (κ2) is 9.95.